The minimum absolute atomic E-state index is 0.255. The third-order valence-electron chi connectivity index (χ3n) is 5.91. The lowest BCUT2D eigenvalue weighted by Crippen LogP contribution is -2.11. The molecular formula is C28H23BrN4O3S. The molecule has 0 amide bonds. The minimum Gasteiger partial charge on any atom is -0.488 e. The summed E-state index contributed by atoms with van der Waals surface area (Å²) in [6, 6.07) is 29.8. The number of ether oxygens (including phenoxy) is 1. The fourth-order valence-electron chi connectivity index (χ4n) is 4.09. The first-order valence-corrected chi connectivity index (χ1v) is 13.3. The van der Waals surface area contributed by atoms with Crippen molar-refractivity contribution in [2.24, 2.45) is 0 Å². The Labute approximate surface area is 226 Å². The first kappa shape index (κ1) is 25.0. The average molecular weight is 575 g/mol. The van der Waals surface area contributed by atoms with Crippen molar-refractivity contribution in [3.63, 3.8) is 0 Å². The molecule has 0 radical (unpaired) electrons. The van der Waals surface area contributed by atoms with Gasteiger partial charge >= 0.3 is 0 Å². The van der Waals surface area contributed by atoms with Gasteiger partial charge in [-0.25, -0.2) is 0 Å². The summed E-state index contributed by atoms with van der Waals surface area (Å²) < 4.78 is 8.72. The second-order valence-electron chi connectivity index (χ2n) is 8.48. The maximum Gasteiger partial charge on any atom is 0.220 e. The number of fused-ring (bicyclic) bond motifs is 1. The van der Waals surface area contributed by atoms with Gasteiger partial charge in [0.15, 0.2) is 5.16 Å². The number of hydrogen-bond donors (Lipinski definition) is 0. The standard InChI is InChI=1S/C28H23BrN4O3S/c1-19-30-31-28(33(19)24-9-3-2-4-10-24)37-27(17-32(34)35)23-13-14-26(25(29)16-23)36-18-20-11-12-21-7-5-6-8-22(21)15-20/h2-16,27H,17-18H2,1H3/t27-/m1/s1. The molecule has 0 bridgehead atoms. The largest absolute Gasteiger partial charge is 0.488 e. The second-order valence-corrected chi connectivity index (χ2v) is 10.5. The smallest absolute Gasteiger partial charge is 0.220 e. The van der Waals surface area contributed by atoms with E-state index < -0.39 is 5.25 Å². The number of para-hydroxylation sites is 1. The van der Waals surface area contributed by atoms with Crippen LogP contribution in [0.1, 0.15) is 22.2 Å². The van der Waals surface area contributed by atoms with Crippen molar-refractivity contribution in [1.29, 1.82) is 0 Å². The first-order chi connectivity index (χ1) is 18.0. The minimum atomic E-state index is -0.466. The maximum absolute atomic E-state index is 11.6. The van der Waals surface area contributed by atoms with Gasteiger partial charge in [-0.1, -0.05) is 72.4 Å². The molecule has 0 saturated carbocycles. The highest BCUT2D eigenvalue weighted by atomic mass is 79.9. The molecule has 0 aliphatic heterocycles. The van der Waals surface area contributed by atoms with Crippen LogP contribution in [0.5, 0.6) is 5.75 Å². The topological polar surface area (TPSA) is 83.1 Å². The summed E-state index contributed by atoms with van der Waals surface area (Å²) in [5.74, 6) is 1.39. The van der Waals surface area contributed by atoms with Crippen LogP contribution >= 0.6 is 27.7 Å². The third kappa shape index (κ3) is 5.84. The van der Waals surface area contributed by atoms with Gasteiger partial charge in [0.25, 0.3) is 0 Å². The van der Waals surface area contributed by atoms with Crippen molar-refractivity contribution in [2.45, 2.75) is 23.9 Å². The summed E-state index contributed by atoms with van der Waals surface area (Å²) in [6.45, 7) is 2.02. The van der Waals surface area contributed by atoms with Crippen LogP contribution in [0.25, 0.3) is 16.5 Å². The summed E-state index contributed by atoms with van der Waals surface area (Å²) >= 11 is 4.92. The molecule has 1 heterocycles. The van der Waals surface area contributed by atoms with Gasteiger partial charge < -0.3 is 4.74 Å². The normalized spacial score (nSPS) is 11.9. The lowest BCUT2D eigenvalue weighted by molar-refractivity contribution is -0.479. The lowest BCUT2D eigenvalue weighted by Gasteiger charge is -2.16. The van der Waals surface area contributed by atoms with Crippen molar-refractivity contribution in [3.05, 3.63) is 123 Å². The fraction of sp³-hybridized carbons (Fsp3) is 0.143. The molecule has 0 aliphatic carbocycles. The van der Waals surface area contributed by atoms with Gasteiger partial charge in [0.2, 0.25) is 6.54 Å². The van der Waals surface area contributed by atoms with Crippen LogP contribution in [0.2, 0.25) is 0 Å². The number of hydrogen-bond acceptors (Lipinski definition) is 6. The Bertz CT molecular complexity index is 1560. The zero-order chi connectivity index (χ0) is 25.8. The van der Waals surface area contributed by atoms with Gasteiger partial charge in [-0.2, -0.15) is 0 Å². The fourth-order valence-corrected chi connectivity index (χ4v) is 5.77. The van der Waals surface area contributed by atoms with E-state index in [1.807, 2.05) is 72.2 Å². The molecule has 1 atom stereocenters. The Morgan fingerprint density at radius 2 is 1.73 bits per heavy atom. The second kappa shape index (κ2) is 11.1. The van der Waals surface area contributed by atoms with Crippen LogP contribution in [0.3, 0.4) is 0 Å². The van der Waals surface area contributed by atoms with E-state index in [2.05, 4.69) is 56.5 Å². The van der Waals surface area contributed by atoms with E-state index in [0.29, 0.717) is 23.3 Å². The number of aryl methyl sites for hydroxylation is 1. The van der Waals surface area contributed by atoms with Gasteiger partial charge in [0.05, 0.1) is 4.47 Å². The SMILES string of the molecule is Cc1nnc(S[C@H](C[N+](=O)[O-])c2ccc(OCc3ccc4ccccc4c3)c(Br)c2)n1-c1ccccc1. The first-order valence-electron chi connectivity index (χ1n) is 11.6. The van der Waals surface area contributed by atoms with Crippen LogP contribution in [0.4, 0.5) is 0 Å². The highest BCUT2D eigenvalue weighted by molar-refractivity contribution is 9.10. The quantitative estimate of drug-likeness (QED) is 0.105. The Morgan fingerprint density at radius 1 is 0.973 bits per heavy atom. The molecular weight excluding hydrogens is 552 g/mol. The molecule has 9 heteroatoms. The molecule has 0 unspecified atom stereocenters. The highest BCUT2D eigenvalue weighted by Gasteiger charge is 2.24. The number of aromatic nitrogens is 3. The summed E-state index contributed by atoms with van der Waals surface area (Å²) in [7, 11) is 0. The van der Waals surface area contributed by atoms with Crippen molar-refractivity contribution >= 4 is 38.5 Å². The van der Waals surface area contributed by atoms with Gasteiger partial charge in [-0.3, -0.25) is 14.7 Å². The van der Waals surface area contributed by atoms with Crippen LogP contribution in [-0.4, -0.2) is 26.2 Å². The molecule has 5 aromatic rings. The molecule has 5 rings (SSSR count). The number of halogens is 1. The molecule has 0 aliphatic rings. The van der Waals surface area contributed by atoms with Crippen molar-refractivity contribution in [3.8, 4) is 11.4 Å². The van der Waals surface area contributed by atoms with Gasteiger partial charge in [-0.05, 0) is 75.1 Å². The molecule has 37 heavy (non-hydrogen) atoms. The number of thioether (sulfide) groups is 1. The molecule has 4 aromatic carbocycles. The number of nitrogens with zero attached hydrogens (tertiary/aromatic N) is 4. The number of benzene rings is 4. The third-order valence-corrected chi connectivity index (χ3v) is 7.71. The average Bonchev–Trinajstić information content (AvgIpc) is 3.27. The predicted octanol–water partition coefficient (Wildman–Crippen LogP) is 7.18. The molecule has 0 saturated heterocycles. The number of rotatable bonds is 9. The molecule has 1 aromatic heterocycles. The predicted molar refractivity (Wildman–Crippen MR) is 149 cm³/mol. The Hall–Kier alpha value is -3.69. The van der Waals surface area contributed by atoms with E-state index in [4.69, 9.17) is 4.74 Å². The van der Waals surface area contributed by atoms with Crippen molar-refractivity contribution in [2.75, 3.05) is 6.54 Å². The van der Waals surface area contributed by atoms with Gasteiger partial charge in [0.1, 0.15) is 23.4 Å². The zero-order valence-electron chi connectivity index (χ0n) is 20.0. The molecule has 0 N–H and O–H groups in total. The van der Waals surface area contributed by atoms with Crippen LogP contribution in [0.15, 0.2) is 101 Å². The van der Waals surface area contributed by atoms with E-state index in [0.717, 1.165) is 26.7 Å². The molecule has 7 nitrogen and oxygen atoms in total. The maximum atomic E-state index is 11.6. The highest BCUT2D eigenvalue weighted by Crippen LogP contribution is 2.39. The Balaban J connectivity index is 1.36. The summed E-state index contributed by atoms with van der Waals surface area (Å²) in [4.78, 5) is 11.3. The summed E-state index contributed by atoms with van der Waals surface area (Å²) in [6.07, 6.45) is 0. The van der Waals surface area contributed by atoms with Gasteiger partial charge in [-0.15, -0.1) is 10.2 Å². The van der Waals surface area contributed by atoms with Crippen LogP contribution in [0, 0.1) is 17.0 Å². The van der Waals surface area contributed by atoms with E-state index in [1.54, 1.807) is 0 Å². The Morgan fingerprint density at radius 3 is 2.49 bits per heavy atom. The van der Waals surface area contributed by atoms with Crippen molar-refractivity contribution in [1.82, 2.24) is 14.8 Å². The summed E-state index contributed by atoms with van der Waals surface area (Å²) in [5, 5.41) is 22.6. The van der Waals surface area contributed by atoms with E-state index in [1.165, 1.54) is 17.1 Å². The number of nitro groups is 1. The monoisotopic (exact) mass is 574 g/mol. The molecule has 186 valence electrons. The molecule has 0 spiro atoms. The zero-order valence-corrected chi connectivity index (χ0v) is 22.4. The lowest BCUT2D eigenvalue weighted by atomic mass is 10.1. The molecule has 0 fully saturated rings. The summed E-state index contributed by atoms with van der Waals surface area (Å²) in [5.41, 5.74) is 2.77. The van der Waals surface area contributed by atoms with Crippen molar-refractivity contribution < 1.29 is 9.66 Å². The van der Waals surface area contributed by atoms with E-state index >= 15 is 0 Å². The van der Waals surface area contributed by atoms with E-state index in [-0.39, 0.29) is 11.5 Å². The van der Waals surface area contributed by atoms with Crippen LogP contribution < -0.4 is 4.74 Å². The Kier molecular flexibility index (Phi) is 7.52. The van der Waals surface area contributed by atoms with E-state index in [9.17, 15) is 10.1 Å². The van der Waals surface area contributed by atoms with Gasteiger partial charge in [0, 0.05) is 10.6 Å². The van der Waals surface area contributed by atoms with Crippen LogP contribution in [-0.2, 0) is 6.61 Å².